The van der Waals surface area contributed by atoms with Gasteiger partial charge in [0.1, 0.15) is 0 Å². The van der Waals surface area contributed by atoms with Crippen molar-refractivity contribution in [1.82, 2.24) is 9.62 Å². The van der Waals surface area contributed by atoms with Crippen molar-refractivity contribution >= 4 is 27.3 Å². The minimum atomic E-state index is -3.66. The molecule has 1 amide bonds. The molecular formula is C21H20N2O3S2. The first kappa shape index (κ1) is 18.9. The molecule has 28 heavy (non-hydrogen) atoms. The summed E-state index contributed by atoms with van der Waals surface area (Å²) in [6, 6.07) is 18.0. The molecule has 2 heterocycles. The van der Waals surface area contributed by atoms with Gasteiger partial charge >= 0.3 is 0 Å². The molecule has 0 radical (unpaired) electrons. The molecule has 5 nitrogen and oxygen atoms in total. The molecule has 0 saturated heterocycles. The van der Waals surface area contributed by atoms with Crippen molar-refractivity contribution in [2.45, 2.75) is 24.4 Å². The monoisotopic (exact) mass is 412 g/mol. The van der Waals surface area contributed by atoms with Gasteiger partial charge in [-0.2, -0.15) is 4.31 Å². The van der Waals surface area contributed by atoms with Gasteiger partial charge in [-0.25, -0.2) is 8.42 Å². The van der Waals surface area contributed by atoms with Crippen LogP contribution in [0.25, 0.3) is 0 Å². The molecule has 1 aliphatic rings. The van der Waals surface area contributed by atoms with Crippen molar-refractivity contribution in [3.63, 3.8) is 0 Å². The number of thiophene rings is 1. The first-order chi connectivity index (χ1) is 13.5. The Kier molecular flexibility index (Phi) is 5.30. The highest BCUT2D eigenvalue weighted by molar-refractivity contribution is 7.89. The summed E-state index contributed by atoms with van der Waals surface area (Å²) in [5.41, 5.74) is 2.56. The van der Waals surface area contributed by atoms with Crippen molar-refractivity contribution in [3.05, 3.63) is 87.6 Å². The summed E-state index contributed by atoms with van der Waals surface area (Å²) < 4.78 is 27.7. The van der Waals surface area contributed by atoms with Crippen molar-refractivity contribution in [1.29, 1.82) is 0 Å². The lowest BCUT2D eigenvalue weighted by Gasteiger charge is -2.28. The average molecular weight is 413 g/mol. The van der Waals surface area contributed by atoms with Crippen molar-refractivity contribution in [2.24, 2.45) is 0 Å². The molecule has 0 spiro atoms. The van der Waals surface area contributed by atoms with Crippen LogP contribution in [0.1, 0.15) is 26.4 Å². The summed E-state index contributed by atoms with van der Waals surface area (Å²) in [5.74, 6) is -0.283. The van der Waals surface area contributed by atoms with Gasteiger partial charge in [-0.15, -0.1) is 11.3 Å². The fourth-order valence-corrected chi connectivity index (χ4v) is 5.41. The van der Waals surface area contributed by atoms with Crippen LogP contribution in [0.15, 0.2) is 70.9 Å². The molecule has 7 heteroatoms. The van der Waals surface area contributed by atoms with E-state index in [1.54, 1.807) is 29.5 Å². The molecule has 1 aromatic heterocycles. The number of nitrogens with zero attached hydrogens (tertiary/aromatic N) is 1. The van der Waals surface area contributed by atoms with Crippen molar-refractivity contribution in [2.75, 3.05) is 6.54 Å². The SMILES string of the molecule is O=C(NCc1cccs1)c1cccc(S(=O)(=O)N2CCc3ccccc3C2)c1. The third kappa shape index (κ3) is 3.87. The number of carbonyl (C=O) groups excluding carboxylic acids is 1. The Bertz CT molecular complexity index is 1090. The number of nitrogens with one attached hydrogen (secondary N) is 1. The maximum atomic E-state index is 13.1. The van der Waals surface area contributed by atoms with Gasteiger partial charge in [0.2, 0.25) is 10.0 Å². The van der Waals surface area contributed by atoms with Crippen LogP contribution in [0.2, 0.25) is 0 Å². The van der Waals surface area contributed by atoms with E-state index in [9.17, 15) is 13.2 Å². The number of amides is 1. The standard InChI is InChI=1S/C21H20N2O3S2/c24-21(22-14-19-8-4-12-27-19)17-7-3-9-20(13-17)28(25,26)23-11-10-16-5-1-2-6-18(16)15-23/h1-9,12-13H,10-11,14-15H2,(H,22,24). The third-order valence-electron chi connectivity index (χ3n) is 4.83. The molecule has 4 rings (SSSR count). The number of hydrogen-bond donors (Lipinski definition) is 1. The molecule has 0 aliphatic carbocycles. The molecule has 0 bridgehead atoms. The lowest BCUT2D eigenvalue weighted by Crippen LogP contribution is -2.36. The molecule has 0 unspecified atom stereocenters. The molecule has 3 aromatic rings. The molecule has 0 saturated carbocycles. The largest absolute Gasteiger partial charge is 0.347 e. The molecule has 0 atom stereocenters. The Morgan fingerprint density at radius 1 is 1.04 bits per heavy atom. The van der Waals surface area contributed by atoms with E-state index < -0.39 is 10.0 Å². The average Bonchev–Trinajstić information content (AvgIpc) is 3.25. The number of sulfonamides is 1. The second-order valence-corrected chi connectivity index (χ2v) is 9.62. The number of rotatable bonds is 5. The number of hydrogen-bond acceptors (Lipinski definition) is 4. The van der Waals surface area contributed by atoms with Gasteiger partial charge in [-0.1, -0.05) is 36.4 Å². The second kappa shape index (κ2) is 7.87. The lowest BCUT2D eigenvalue weighted by atomic mass is 10.0. The van der Waals surface area contributed by atoms with E-state index in [1.165, 1.54) is 15.9 Å². The lowest BCUT2D eigenvalue weighted by molar-refractivity contribution is 0.0951. The van der Waals surface area contributed by atoms with Gasteiger partial charge in [0.15, 0.2) is 0 Å². The maximum Gasteiger partial charge on any atom is 0.251 e. The summed E-state index contributed by atoms with van der Waals surface area (Å²) in [6.45, 7) is 1.22. The summed E-state index contributed by atoms with van der Waals surface area (Å²) in [4.78, 5) is 13.6. The van der Waals surface area contributed by atoms with E-state index in [0.717, 1.165) is 10.4 Å². The summed E-state index contributed by atoms with van der Waals surface area (Å²) in [6.07, 6.45) is 0.691. The van der Waals surface area contributed by atoms with Crippen LogP contribution in [0, 0.1) is 0 Å². The predicted octanol–water partition coefficient (Wildman–Crippen LogP) is 3.43. The molecule has 144 valence electrons. The first-order valence-electron chi connectivity index (χ1n) is 9.01. The van der Waals surface area contributed by atoms with Crippen LogP contribution in [-0.4, -0.2) is 25.2 Å². The quantitative estimate of drug-likeness (QED) is 0.698. The van der Waals surface area contributed by atoms with Gasteiger partial charge in [-0.05, 0) is 47.2 Å². The Morgan fingerprint density at radius 3 is 2.64 bits per heavy atom. The second-order valence-electron chi connectivity index (χ2n) is 6.65. The van der Waals surface area contributed by atoms with Gasteiger partial charge in [0.05, 0.1) is 11.4 Å². The minimum absolute atomic E-state index is 0.149. The minimum Gasteiger partial charge on any atom is -0.347 e. The fraction of sp³-hybridized carbons (Fsp3) is 0.190. The molecule has 1 N–H and O–H groups in total. The molecule has 2 aromatic carbocycles. The van der Waals surface area contributed by atoms with Crippen LogP contribution in [0.3, 0.4) is 0 Å². The Morgan fingerprint density at radius 2 is 1.86 bits per heavy atom. The van der Waals surface area contributed by atoms with E-state index >= 15 is 0 Å². The number of benzene rings is 2. The van der Waals surface area contributed by atoms with Gasteiger partial charge < -0.3 is 5.32 Å². The summed E-state index contributed by atoms with van der Waals surface area (Å²) in [5, 5.41) is 4.79. The van der Waals surface area contributed by atoms with Crippen molar-refractivity contribution < 1.29 is 13.2 Å². The highest BCUT2D eigenvalue weighted by Crippen LogP contribution is 2.25. The Labute approximate surface area is 168 Å². The zero-order chi connectivity index (χ0) is 19.6. The topological polar surface area (TPSA) is 66.5 Å². The van der Waals surface area contributed by atoms with E-state index in [0.29, 0.717) is 31.6 Å². The van der Waals surface area contributed by atoms with Crippen molar-refractivity contribution in [3.8, 4) is 0 Å². The number of carbonyl (C=O) groups is 1. The van der Waals surface area contributed by atoms with Crippen LogP contribution in [0.5, 0.6) is 0 Å². The summed E-state index contributed by atoms with van der Waals surface area (Å²) in [7, 11) is -3.66. The van der Waals surface area contributed by atoms with E-state index in [-0.39, 0.29) is 10.8 Å². The summed E-state index contributed by atoms with van der Waals surface area (Å²) >= 11 is 1.56. The third-order valence-corrected chi connectivity index (χ3v) is 7.55. The zero-order valence-electron chi connectivity index (χ0n) is 15.2. The van der Waals surface area contributed by atoms with Crippen LogP contribution in [-0.2, 0) is 29.5 Å². The molecule has 0 fully saturated rings. The molecular weight excluding hydrogens is 392 g/mol. The highest BCUT2D eigenvalue weighted by atomic mass is 32.2. The maximum absolute atomic E-state index is 13.1. The van der Waals surface area contributed by atoms with Crippen LogP contribution in [0.4, 0.5) is 0 Å². The van der Waals surface area contributed by atoms with Crippen LogP contribution < -0.4 is 5.32 Å². The predicted molar refractivity (Wildman–Crippen MR) is 110 cm³/mol. The van der Waals surface area contributed by atoms with E-state index in [2.05, 4.69) is 5.32 Å². The smallest absolute Gasteiger partial charge is 0.251 e. The van der Waals surface area contributed by atoms with E-state index in [4.69, 9.17) is 0 Å². The first-order valence-corrected chi connectivity index (χ1v) is 11.3. The highest BCUT2D eigenvalue weighted by Gasteiger charge is 2.28. The Hall–Kier alpha value is -2.48. The van der Waals surface area contributed by atoms with Crippen LogP contribution >= 0.6 is 11.3 Å². The molecule has 1 aliphatic heterocycles. The van der Waals surface area contributed by atoms with Gasteiger partial charge in [0.25, 0.3) is 5.91 Å². The van der Waals surface area contributed by atoms with Gasteiger partial charge in [-0.3, -0.25) is 4.79 Å². The normalized spacial score (nSPS) is 14.4. The van der Waals surface area contributed by atoms with E-state index in [1.807, 2.05) is 41.8 Å². The zero-order valence-corrected chi connectivity index (χ0v) is 16.8. The Balaban J connectivity index is 1.52. The number of fused-ring (bicyclic) bond motifs is 1. The van der Waals surface area contributed by atoms with Gasteiger partial charge in [0, 0.05) is 23.5 Å². The fourth-order valence-electron chi connectivity index (χ4n) is 3.30.